The molecule has 0 aliphatic rings. The minimum absolute atomic E-state index is 0.0771. The molecule has 0 aliphatic heterocycles. The first-order valence-electron chi connectivity index (χ1n) is 37.2. The number of rotatable bonds is 20. The van der Waals surface area contributed by atoms with E-state index in [-0.39, 0.29) is 17.1 Å². The fourth-order valence-electron chi connectivity index (χ4n) is 10.9. The SMILES string of the molecule is COC(=O)c1n[nH]nc1Sc1ccc(-c2ccc(Cl)cc2)cc1.COC(=O)c1nnn(Cc2ccc(OC)cc2)c1Sc1ccc(-c2ccc(Cl)cc2)cc1.CSc1ccc(-c2ccc(Cl)cc2)cc1.CSc1ccc(I)cc1.O=C(O)c1n[nH]nc1Sc1ccc(-c2ccc(Cl)cc2)cc1.OB(O)c1ccc(Cl)cc1.Sc1ccc(-c2ccc(Cl)cc2)cc1. The van der Waals surface area contributed by atoms with Gasteiger partial charge in [-0.05, 0) is 272 Å². The molecule has 0 aliphatic carbocycles. The van der Waals surface area contributed by atoms with E-state index >= 15 is 0 Å². The Kier molecular flexibility index (Phi) is 39.2. The van der Waals surface area contributed by atoms with Crippen LogP contribution < -0.4 is 10.2 Å². The number of ether oxygens (including phenoxy) is 3. The van der Waals surface area contributed by atoms with Crippen LogP contribution in [0.2, 0.25) is 30.1 Å². The van der Waals surface area contributed by atoms with Gasteiger partial charge in [-0.15, -0.1) is 61.6 Å². The number of thioether (sulfide) groups is 2. The monoisotopic (exact) mass is 2000 g/mol. The van der Waals surface area contributed by atoms with Gasteiger partial charge in [-0.3, -0.25) is 0 Å². The Labute approximate surface area is 794 Å². The molecule has 5 N–H and O–H groups in total. The third-order valence-corrected chi connectivity index (χ3v) is 24.5. The Bertz CT molecular complexity index is 6010. The lowest BCUT2D eigenvalue weighted by atomic mass is 9.81. The van der Waals surface area contributed by atoms with Gasteiger partial charge in [0.25, 0.3) is 0 Å². The van der Waals surface area contributed by atoms with Gasteiger partial charge in [0, 0.05) is 63.1 Å². The molecule has 0 fully saturated rings. The molecule has 0 spiro atoms. The standard InChI is InChI=1S/C24H20ClN3O3S.C16H12ClN3O2S.C15H10ClN3O2S.C13H11ClS.C12H9ClS.C7H7IS.C6H6BClO2/c1-30-20-11-3-16(4-12-20)15-28-23(22(26-27-28)24(29)31-2)32-21-13-7-18(8-14-21)17-5-9-19(25)10-6-17;1-22-16(21)14-15(19-20-18-14)23-13-8-4-11(5-9-13)10-2-6-12(17)7-3-10;16-11-5-1-9(2-6-11)10-3-7-12(8-4-10)22-14-13(15(20)21)17-19-18-14;1-15-13-8-4-11(5-9-13)10-2-6-12(14)7-3-10;13-11-5-1-9(2-6-11)10-3-7-12(14)8-4-10;1-9-7-4-2-6(8)3-5-7;8-6-3-1-5(2-4-6)7(9)10/h3-14H,15H2,1-2H3;2-9H,1H3,(H,18,19,20);1-8H,(H,20,21)(H,17,18,19);2-9H,1H3;1-8,14H;2-5H,1H3;1-4,9-10H. The normalized spacial score (nSPS) is 10.4. The molecule has 0 bridgehead atoms. The second-order valence-corrected chi connectivity index (χ2v) is 35.1. The van der Waals surface area contributed by atoms with Gasteiger partial charge in [-0.25, -0.2) is 19.1 Å². The van der Waals surface area contributed by atoms with Crippen molar-refractivity contribution in [2.24, 2.45) is 0 Å². The first-order chi connectivity index (χ1) is 60.4. The number of thiol groups is 1. The van der Waals surface area contributed by atoms with Gasteiger partial charge in [-0.1, -0.05) is 256 Å². The summed E-state index contributed by atoms with van der Waals surface area (Å²) in [5.74, 6) is -1.36. The number of aromatic carboxylic acids is 1. The van der Waals surface area contributed by atoms with Crippen LogP contribution >= 0.6 is 164 Å². The maximum Gasteiger partial charge on any atom is 0.488 e. The lowest BCUT2D eigenvalue weighted by Crippen LogP contribution is -2.29. The number of nitrogens with one attached hydrogen (secondary N) is 2. The molecule has 18 nitrogen and oxygen atoms in total. The zero-order chi connectivity index (χ0) is 89.2. The topological polar surface area (TPSA) is 253 Å². The van der Waals surface area contributed by atoms with Gasteiger partial charge in [0.05, 0.1) is 27.9 Å². The Morgan fingerprint density at radius 3 is 1.02 bits per heavy atom. The molecule has 32 heteroatoms. The number of H-pyrrole nitrogens is 2. The number of carbonyl (C=O) groups excluding carboxylic acids is 2. The second kappa shape index (κ2) is 50.4. The van der Waals surface area contributed by atoms with Crippen molar-refractivity contribution >= 4 is 194 Å². The highest BCUT2D eigenvalue weighted by Crippen LogP contribution is 2.36. The highest BCUT2D eigenvalue weighted by Gasteiger charge is 2.23. The van der Waals surface area contributed by atoms with E-state index < -0.39 is 25.0 Å². The molecular formula is C93H75BCl6IN9O9S6. The summed E-state index contributed by atoms with van der Waals surface area (Å²) in [5, 5.41) is 60.2. The van der Waals surface area contributed by atoms with Gasteiger partial charge in [0.15, 0.2) is 10.1 Å². The third-order valence-electron chi connectivity index (χ3n) is 17.4. The lowest BCUT2D eigenvalue weighted by Gasteiger charge is -2.09. The van der Waals surface area contributed by atoms with E-state index in [1.54, 1.807) is 59.6 Å². The van der Waals surface area contributed by atoms with Crippen molar-refractivity contribution in [3.63, 3.8) is 0 Å². The summed E-state index contributed by atoms with van der Waals surface area (Å²) in [6, 6.07) is 101. The van der Waals surface area contributed by atoms with Crippen LogP contribution in [-0.4, -0.2) is 120 Å². The van der Waals surface area contributed by atoms with Gasteiger partial charge in [0.2, 0.25) is 17.1 Å². The number of hydrogen-bond donors (Lipinski definition) is 6. The van der Waals surface area contributed by atoms with Gasteiger partial charge in [0.1, 0.15) is 10.8 Å². The maximum atomic E-state index is 12.3. The van der Waals surface area contributed by atoms with Crippen molar-refractivity contribution in [1.82, 2.24) is 45.8 Å². The van der Waals surface area contributed by atoms with Crippen LogP contribution in [0.25, 0.3) is 55.6 Å². The molecule has 0 unspecified atom stereocenters. The van der Waals surface area contributed by atoms with Crippen molar-refractivity contribution in [2.75, 3.05) is 33.8 Å². The molecular weight excluding hydrogens is 1930 g/mol. The minimum atomic E-state index is -1.41. The summed E-state index contributed by atoms with van der Waals surface area (Å²) < 4.78 is 17.8. The summed E-state index contributed by atoms with van der Waals surface area (Å²) in [7, 11) is 2.87. The number of carboxylic acid groups (broad SMARTS) is 1. The number of halogens is 7. The van der Waals surface area contributed by atoms with Crippen LogP contribution in [0.1, 0.15) is 37.0 Å². The number of hydrogen-bond acceptors (Lipinski definition) is 20. The molecule has 3 heterocycles. The van der Waals surface area contributed by atoms with Crippen LogP contribution in [0, 0.1) is 3.57 Å². The second-order valence-electron chi connectivity index (χ2n) is 25.8. The van der Waals surface area contributed by atoms with E-state index in [0.717, 1.165) is 74.3 Å². The average molecular weight is 2010 g/mol. The van der Waals surface area contributed by atoms with E-state index in [4.69, 9.17) is 94.2 Å². The average Bonchev–Trinajstić information content (AvgIpc) is 1.67. The van der Waals surface area contributed by atoms with Gasteiger partial charge < -0.3 is 29.4 Å². The summed E-state index contributed by atoms with van der Waals surface area (Å²) in [6.45, 7) is 0.458. The number of aromatic amines is 2. The molecule has 16 rings (SSSR count). The van der Waals surface area contributed by atoms with Gasteiger partial charge >= 0.3 is 25.0 Å². The van der Waals surface area contributed by atoms with Crippen molar-refractivity contribution in [3.8, 4) is 61.4 Å². The summed E-state index contributed by atoms with van der Waals surface area (Å²) in [5.41, 5.74) is 13.0. The van der Waals surface area contributed by atoms with Crippen LogP contribution in [0.15, 0.2) is 360 Å². The summed E-state index contributed by atoms with van der Waals surface area (Å²) in [6.07, 6.45) is 4.17. The van der Waals surface area contributed by atoms with Crippen molar-refractivity contribution in [1.29, 1.82) is 0 Å². The summed E-state index contributed by atoms with van der Waals surface area (Å²) in [4.78, 5) is 41.2. The Morgan fingerprint density at radius 2 is 0.688 bits per heavy atom. The number of benzene rings is 13. The molecule has 0 radical (unpaired) electrons. The molecule has 634 valence electrons. The van der Waals surface area contributed by atoms with Crippen LogP contribution in [-0.2, 0) is 16.0 Å². The number of aromatic nitrogens is 9. The van der Waals surface area contributed by atoms with E-state index in [2.05, 4.69) is 142 Å². The van der Waals surface area contributed by atoms with Crippen LogP contribution in [0.5, 0.6) is 5.75 Å². The van der Waals surface area contributed by atoms with E-state index in [1.165, 1.54) is 85.1 Å². The van der Waals surface area contributed by atoms with Gasteiger partial charge in [-0.2, -0.15) is 10.4 Å². The highest BCUT2D eigenvalue weighted by atomic mass is 127. The predicted octanol–water partition coefficient (Wildman–Crippen LogP) is 25.7. The lowest BCUT2D eigenvalue weighted by molar-refractivity contribution is 0.0581. The molecule has 0 saturated carbocycles. The minimum Gasteiger partial charge on any atom is -0.497 e. The van der Waals surface area contributed by atoms with Crippen LogP contribution in [0.3, 0.4) is 0 Å². The number of nitrogens with zero attached hydrogens (tertiary/aromatic N) is 7. The highest BCUT2D eigenvalue weighted by molar-refractivity contribution is 14.1. The zero-order valence-electron chi connectivity index (χ0n) is 66.9. The fourth-order valence-corrected chi connectivity index (χ4v) is 15.5. The molecule has 125 heavy (non-hydrogen) atoms. The molecule has 13 aromatic carbocycles. The Morgan fingerprint density at radius 1 is 0.392 bits per heavy atom. The smallest absolute Gasteiger partial charge is 0.488 e. The number of carboxylic acids is 1. The molecule has 0 amide bonds. The van der Waals surface area contributed by atoms with E-state index in [1.807, 2.05) is 243 Å². The molecule has 16 aromatic rings. The molecule has 0 saturated heterocycles. The first kappa shape index (κ1) is 97.2. The Hall–Kier alpha value is -9.96. The number of carbonyl (C=O) groups is 3. The number of esters is 2. The van der Waals surface area contributed by atoms with Crippen molar-refractivity contribution < 1.29 is 43.7 Å². The Balaban J connectivity index is 0.000000158. The third kappa shape index (κ3) is 31.0. The quantitative estimate of drug-likeness (QED) is 0.0136. The van der Waals surface area contributed by atoms with E-state index in [0.29, 0.717) is 47.2 Å². The van der Waals surface area contributed by atoms with E-state index in [9.17, 15) is 14.4 Å². The predicted molar refractivity (Wildman–Crippen MR) is 523 cm³/mol. The molecule has 0 atom stereocenters. The fraction of sp³-hybridized carbons (Fsp3) is 0.0645. The largest absolute Gasteiger partial charge is 0.497 e. The summed E-state index contributed by atoms with van der Waals surface area (Å²) >= 11 is 49.0. The van der Waals surface area contributed by atoms with Crippen LogP contribution in [0.4, 0.5) is 0 Å². The van der Waals surface area contributed by atoms with Crippen molar-refractivity contribution in [2.45, 2.75) is 51.0 Å². The number of methoxy groups -OCH3 is 3. The first-order valence-corrected chi connectivity index (χ1v) is 45.9. The molecule has 3 aromatic heterocycles. The zero-order valence-corrected chi connectivity index (χ0v) is 78.5. The van der Waals surface area contributed by atoms with Crippen molar-refractivity contribution in [3.05, 3.63) is 372 Å². The maximum absolute atomic E-state index is 12.3.